The molecule has 8 heteroatoms. The summed E-state index contributed by atoms with van der Waals surface area (Å²) in [6.45, 7) is 3.16. The highest BCUT2D eigenvalue weighted by Crippen LogP contribution is 2.19. The first kappa shape index (κ1) is 22.0. The van der Waals surface area contributed by atoms with E-state index in [0.29, 0.717) is 44.7 Å². The minimum Gasteiger partial charge on any atom is -0.466 e. The summed E-state index contributed by atoms with van der Waals surface area (Å²) in [6.07, 6.45) is 1.87. The van der Waals surface area contributed by atoms with Gasteiger partial charge in [-0.3, -0.25) is 14.4 Å². The lowest BCUT2D eigenvalue weighted by molar-refractivity contribution is -0.151. The van der Waals surface area contributed by atoms with Gasteiger partial charge in [-0.25, -0.2) is 4.98 Å². The fraction of sp³-hybridized carbons (Fsp3) is 0.455. The molecule has 1 saturated heterocycles. The van der Waals surface area contributed by atoms with Crippen molar-refractivity contribution >= 4 is 29.1 Å². The number of nitrogens with zero attached hydrogens (tertiary/aromatic N) is 3. The minimum atomic E-state index is -0.264. The molecule has 0 spiro atoms. The minimum absolute atomic E-state index is 0.00550. The summed E-state index contributed by atoms with van der Waals surface area (Å²) in [5, 5.41) is 2.61. The first-order valence-corrected chi connectivity index (χ1v) is 11.0. The average Bonchev–Trinajstić information content (AvgIpc) is 3.22. The van der Waals surface area contributed by atoms with Gasteiger partial charge in [-0.15, -0.1) is 11.3 Å². The predicted octanol–water partition coefficient (Wildman–Crippen LogP) is 2.61. The summed E-state index contributed by atoms with van der Waals surface area (Å²) < 4.78 is 5.06. The second-order valence-electron chi connectivity index (χ2n) is 7.36. The number of piperidine rings is 1. The van der Waals surface area contributed by atoms with Crippen molar-refractivity contribution in [1.82, 2.24) is 14.8 Å². The Kier molecular flexibility index (Phi) is 7.57. The maximum atomic E-state index is 12.7. The van der Waals surface area contributed by atoms with E-state index in [-0.39, 0.29) is 30.2 Å². The van der Waals surface area contributed by atoms with E-state index in [0.717, 1.165) is 10.6 Å². The van der Waals surface area contributed by atoms with Crippen LogP contribution in [-0.4, -0.2) is 65.9 Å². The van der Waals surface area contributed by atoms with E-state index in [9.17, 15) is 14.4 Å². The van der Waals surface area contributed by atoms with E-state index in [1.54, 1.807) is 24.3 Å². The molecule has 1 aromatic heterocycles. The molecular formula is C22H27N3O4S. The fourth-order valence-corrected chi connectivity index (χ4v) is 4.26. The number of ether oxygens (including phenoxy) is 1. The third kappa shape index (κ3) is 5.66. The molecule has 2 heterocycles. The number of aromatic nitrogens is 1. The van der Waals surface area contributed by atoms with Gasteiger partial charge in [0.25, 0.3) is 5.91 Å². The number of likely N-dealkylation sites (N-methyl/N-ethyl adjacent to an activating group) is 1. The van der Waals surface area contributed by atoms with Crippen LogP contribution in [0.25, 0.3) is 0 Å². The molecule has 0 radical (unpaired) electrons. The quantitative estimate of drug-likeness (QED) is 0.632. The lowest BCUT2D eigenvalue weighted by Crippen LogP contribution is -2.45. The van der Waals surface area contributed by atoms with E-state index in [1.807, 2.05) is 30.3 Å². The molecule has 2 amide bonds. The van der Waals surface area contributed by atoms with Crippen LogP contribution in [0, 0.1) is 5.92 Å². The molecule has 1 fully saturated rings. The van der Waals surface area contributed by atoms with Crippen LogP contribution < -0.4 is 0 Å². The summed E-state index contributed by atoms with van der Waals surface area (Å²) in [4.78, 5) is 44.7. The number of amides is 2. The van der Waals surface area contributed by atoms with Crippen LogP contribution in [0.15, 0.2) is 35.7 Å². The van der Waals surface area contributed by atoms with Gasteiger partial charge >= 0.3 is 5.97 Å². The van der Waals surface area contributed by atoms with Crippen molar-refractivity contribution in [3.63, 3.8) is 0 Å². The number of carbonyl (C=O) groups is 3. The molecule has 0 N–H and O–H groups in total. The standard InChI is InChI=1S/C22H27N3O4S/c1-3-29-22(28)17-9-11-25(12-10-17)20(26)14-24(2)21(27)18-15-30-19(23-18)13-16-7-5-4-6-8-16/h4-8,15,17H,3,9-14H2,1-2H3. The predicted molar refractivity (Wildman–Crippen MR) is 114 cm³/mol. The Morgan fingerprint density at radius 2 is 1.90 bits per heavy atom. The van der Waals surface area contributed by atoms with E-state index < -0.39 is 0 Å². The molecule has 160 valence electrons. The summed E-state index contributed by atoms with van der Waals surface area (Å²) in [7, 11) is 1.61. The van der Waals surface area contributed by atoms with E-state index >= 15 is 0 Å². The van der Waals surface area contributed by atoms with Gasteiger partial charge in [0, 0.05) is 31.9 Å². The summed E-state index contributed by atoms with van der Waals surface area (Å²) in [6, 6.07) is 9.97. The highest BCUT2D eigenvalue weighted by Gasteiger charge is 2.29. The van der Waals surface area contributed by atoms with Crippen LogP contribution >= 0.6 is 11.3 Å². The Labute approximate surface area is 180 Å². The Morgan fingerprint density at radius 1 is 1.20 bits per heavy atom. The van der Waals surface area contributed by atoms with Crippen molar-refractivity contribution in [3.05, 3.63) is 52.0 Å². The van der Waals surface area contributed by atoms with E-state index in [2.05, 4.69) is 4.98 Å². The number of rotatable bonds is 7. The Hall–Kier alpha value is -2.74. The number of thiazole rings is 1. The van der Waals surface area contributed by atoms with Gasteiger partial charge in [-0.2, -0.15) is 0 Å². The number of esters is 1. The van der Waals surface area contributed by atoms with Crippen molar-refractivity contribution in [2.24, 2.45) is 5.92 Å². The molecule has 1 aliphatic heterocycles. The van der Waals surface area contributed by atoms with Gasteiger partial charge in [0.2, 0.25) is 5.91 Å². The van der Waals surface area contributed by atoms with Crippen LogP contribution in [0.2, 0.25) is 0 Å². The summed E-state index contributed by atoms with van der Waals surface area (Å²) >= 11 is 1.45. The molecule has 1 aliphatic rings. The van der Waals surface area contributed by atoms with Crippen molar-refractivity contribution in [2.75, 3.05) is 33.3 Å². The number of benzene rings is 1. The maximum Gasteiger partial charge on any atom is 0.309 e. The van der Waals surface area contributed by atoms with Gasteiger partial charge in [0.05, 0.1) is 24.1 Å². The summed E-state index contributed by atoms with van der Waals surface area (Å²) in [5.41, 5.74) is 1.50. The van der Waals surface area contributed by atoms with Crippen LogP contribution in [0.3, 0.4) is 0 Å². The second kappa shape index (κ2) is 10.3. The SMILES string of the molecule is CCOC(=O)C1CCN(C(=O)CN(C)C(=O)c2csc(Cc3ccccc3)n2)CC1. The number of carbonyl (C=O) groups excluding carboxylic acids is 3. The largest absolute Gasteiger partial charge is 0.466 e. The smallest absolute Gasteiger partial charge is 0.309 e. The van der Waals surface area contributed by atoms with E-state index in [4.69, 9.17) is 4.74 Å². The van der Waals surface area contributed by atoms with Crippen molar-refractivity contribution in [2.45, 2.75) is 26.2 Å². The van der Waals surface area contributed by atoms with E-state index in [1.165, 1.54) is 16.2 Å². The zero-order valence-corrected chi connectivity index (χ0v) is 18.2. The van der Waals surface area contributed by atoms with Crippen LogP contribution in [0.5, 0.6) is 0 Å². The highest BCUT2D eigenvalue weighted by atomic mass is 32.1. The molecule has 1 aromatic carbocycles. The maximum absolute atomic E-state index is 12.7. The molecule has 0 bridgehead atoms. The van der Waals surface area contributed by atoms with Gasteiger partial charge < -0.3 is 14.5 Å². The summed E-state index contributed by atoms with van der Waals surface area (Å²) in [5.74, 6) is -0.716. The number of hydrogen-bond donors (Lipinski definition) is 0. The Morgan fingerprint density at radius 3 is 2.57 bits per heavy atom. The zero-order valence-electron chi connectivity index (χ0n) is 17.4. The molecule has 0 aliphatic carbocycles. The third-order valence-corrected chi connectivity index (χ3v) is 6.00. The normalized spacial score (nSPS) is 14.4. The van der Waals surface area contributed by atoms with Gasteiger partial charge in [-0.05, 0) is 25.3 Å². The number of likely N-dealkylation sites (tertiary alicyclic amines) is 1. The van der Waals surface area contributed by atoms with Gasteiger partial charge in [0.1, 0.15) is 5.69 Å². The first-order valence-electron chi connectivity index (χ1n) is 10.2. The van der Waals surface area contributed by atoms with Crippen LogP contribution in [-0.2, 0) is 20.7 Å². The van der Waals surface area contributed by atoms with Crippen LogP contribution in [0.1, 0.15) is 40.8 Å². The lowest BCUT2D eigenvalue weighted by atomic mass is 9.97. The molecular weight excluding hydrogens is 402 g/mol. The van der Waals surface area contributed by atoms with Crippen LogP contribution in [0.4, 0.5) is 0 Å². The highest BCUT2D eigenvalue weighted by molar-refractivity contribution is 7.09. The van der Waals surface area contributed by atoms with Crippen molar-refractivity contribution < 1.29 is 19.1 Å². The number of hydrogen-bond acceptors (Lipinski definition) is 6. The first-order chi connectivity index (χ1) is 14.5. The monoisotopic (exact) mass is 429 g/mol. The van der Waals surface area contributed by atoms with Crippen molar-refractivity contribution in [1.29, 1.82) is 0 Å². The molecule has 0 saturated carbocycles. The Balaban J connectivity index is 1.50. The molecule has 0 atom stereocenters. The van der Waals surface area contributed by atoms with Gasteiger partial charge in [-0.1, -0.05) is 30.3 Å². The molecule has 0 unspecified atom stereocenters. The lowest BCUT2D eigenvalue weighted by Gasteiger charge is -2.32. The molecule has 2 aromatic rings. The molecule has 30 heavy (non-hydrogen) atoms. The second-order valence-corrected chi connectivity index (χ2v) is 8.30. The van der Waals surface area contributed by atoms with Crippen molar-refractivity contribution in [3.8, 4) is 0 Å². The topological polar surface area (TPSA) is 79.8 Å². The molecule has 3 rings (SSSR count). The fourth-order valence-electron chi connectivity index (χ4n) is 3.46. The molecule has 7 nitrogen and oxygen atoms in total. The van der Waals surface area contributed by atoms with Gasteiger partial charge in [0.15, 0.2) is 0 Å². The average molecular weight is 430 g/mol. The third-order valence-electron chi connectivity index (χ3n) is 5.16. The zero-order chi connectivity index (χ0) is 21.5. The Bertz CT molecular complexity index is 876.